The van der Waals surface area contributed by atoms with Gasteiger partial charge in [-0.25, -0.2) is 0 Å². The Balaban J connectivity index is 1.35. The predicted molar refractivity (Wildman–Crippen MR) is 114 cm³/mol. The number of carbonyl (C=O) groups is 1. The van der Waals surface area contributed by atoms with Gasteiger partial charge in [0.1, 0.15) is 5.75 Å². The van der Waals surface area contributed by atoms with E-state index in [2.05, 4.69) is 28.0 Å². The minimum absolute atomic E-state index is 0.270. The number of nitrogens with zero attached hydrogens (tertiary/aromatic N) is 2. The molecule has 0 saturated carbocycles. The summed E-state index contributed by atoms with van der Waals surface area (Å²) < 4.78 is 10.9. The molecule has 2 saturated heterocycles. The molecule has 5 heteroatoms. The molecule has 0 aliphatic carbocycles. The molecule has 2 fully saturated rings. The van der Waals surface area contributed by atoms with Crippen molar-refractivity contribution in [2.45, 2.75) is 57.4 Å². The lowest BCUT2D eigenvalue weighted by Crippen LogP contribution is -2.52. The molecule has 0 bridgehead atoms. The van der Waals surface area contributed by atoms with E-state index in [1.54, 1.807) is 7.11 Å². The number of piperidine rings is 2. The number of hydrogen-bond acceptors (Lipinski definition) is 4. The summed E-state index contributed by atoms with van der Waals surface area (Å²) in [6.07, 6.45) is 8.85. The number of carbonyl (C=O) groups excluding carboxylic acids is 1. The number of hydrogen-bond donors (Lipinski definition) is 0. The first-order valence-corrected chi connectivity index (χ1v) is 11.5. The average Bonchev–Trinajstić information content (AvgIpc) is 3.23. The van der Waals surface area contributed by atoms with Crippen molar-refractivity contribution < 1.29 is 14.3 Å². The Morgan fingerprint density at radius 2 is 2.14 bits per heavy atom. The van der Waals surface area contributed by atoms with Gasteiger partial charge in [-0.1, -0.05) is 18.6 Å². The number of rotatable bonds is 8. The van der Waals surface area contributed by atoms with Crippen molar-refractivity contribution in [2.24, 2.45) is 5.92 Å². The topological polar surface area (TPSA) is 42.0 Å². The van der Waals surface area contributed by atoms with Crippen LogP contribution >= 0.6 is 0 Å². The SMILES string of the molecule is COCCN(CC1CCCN2CCCCC12)C(=O)CCc1ccc2c(c1)CCO2. The normalized spacial score (nSPS) is 23.9. The van der Waals surface area contributed by atoms with Crippen LogP contribution in [0.25, 0.3) is 0 Å². The van der Waals surface area contributed by atoms with E-state index in [0.29, 0.717) is 31.5 Å². The molecule has 2 atom stereocenters. The van der Waals surface area contributed by atoms with Gasteiger partial charge in [-0.05, 0) is 68.3 Å². The lowest BCUT2D eigenvalue weighted by Gasteiger charge is -2.45. The third-order valence-corrected chi connectivity index (χ3v) is 6.98. The van der Waals surface area contributed by atoms with Gasteiger partial charge < -0.3 is 19.3 Å². The van der Waals surface area contributed by atoms with Crippen molar-refractivity contribution in [2.75, 3.05) is 46.5 Å². The van der Waals surface area contributed by atoms with Crippen molar-refractivity contribution in [1.29, 1.82) is 0 Å². The highest BCUT2D eigenvalue weighted by atomic mass is 16.5. The summed E-state index contributed by atoms with van der Waals surface area (Å²) >= 11 is 0. The Hall–Kier alpha value is -1.59. The third-order valence-electron chi connectivity index (χ3n) is 6.98. The highest BCUT2D eigenvalue weighted by Crippen LogP contribution is 2.31. The standard InChI is InChI=1S/C24H36N2O3/c1-28-16-14-26(18-21-5-4-13-25-12-3-2-6-22(21)25)24(27)10-8-19-7-9-23-20(17-19)11-15-29-23/h7,9,17,21-22H,2-6,8,10-16,18H2,1H3. The number of aryl methyl sites for hydroxylation is 1. The third kappa shape index (κ3) is 5.13. The lowest BCUT2D eigenvalue weighted by atomic mass is 9.83. The lowest BCUT2D eigenvalue weighted by molar-refractivity contribution is -0.133. The van der Waals surface area contributed by atoms with E-state index in [4.69, 9.17) is 9.47 Å². The first-order chi connectivity index (χ1) is 14.2. The van der Waals surface area contributed by atoms with Gasteiger partial charge in [0, 0.05) is 39.1 Å². The van der Waals surface area contributed by atoms with Gasteiger partial charge in [-0.15, -0.1) is 0 Å². The fraction of sp³-hybridized carbons (Fsp3) is 0.708. The molecule has 3 heterocycles. The molecule has 4 rings (SSSR count). The van der Waals surface area contributed by atoms with Gasteiger partial charge in [-0.3, -0.25) is 4.79 Å². The molecule has 3 aliphatic rings. The predicted octanol–water partition coefficient (Wildman–Crippen LogP) is 3.29. The van der Waals surface area contributed by atoms with Gasteiger partial charge >= 0.3 is 0 Å². The van der Waals surface area contributed by atoms with Crippen LogP contribution in [0.5, 0.6) is 5.75 Å². The zero-order chi connectivity index (χ0) is 20.1. The summed E-state index contributed by atoms with van der Waals surface area (Å²) in [7, 11) is 1.72. The van der Waals surface area contributed by atoms with Crippen molar-refractivity contribution in [3.05, 3.63) is 29.3 Å². The van der Waals surface area contributed by atoms with Crippen molar-refractivity contribution in [1.82, 2.24) is 9.80 Å². The molecule has 1 amide bonds. The highest BCUT2D eigenvalue weighted by molar-refractivity contribution is 5.76. The van der Waals surface area contributed by atoms with Crippen LogP contribution in [-0.4, -0.2) is 68.3 Å². The molecule has 160 valence electrons. The summed E-state index contributed by atoms with van der Waals surface area (Å²) in [5.74, 6) is 1.89. The molecule has 0 N–H and O–H groups in total. The molecule has 1 aromatic rings. The maximum atomic E-state index is 13.1. The van der Waals surface area contributed by atoms with Gasteiger partial charge in [0.2, 0.25) is 5.91 Å². The number of methoxy groups -OCH3 is 1. The number of benzene rings is 1. The molecule has 0 spiro atoms. The van der Waals surface area contributed by atoms with Crippen LogP contribution in [0.2, 0.25) is 0 Å². The van der Waals surface area contributed by atoms with Crippen LogP contribution in [0.15, 0.2) is 18.2 Å². The fourth-order valence-corrected chi connectivity index (χ4v) is 5.40. The average molecular weight is 401 g/mol. The summed E-state index contributed by atoms with van der Waals surface area (Å²) in [5, 5.41) is 0. The molecule has 0 radical (unpaired) electrons. The van der Waals surface area contributed by atoms with Crippen LogP contribution in [0.4, 0.5) is 0 Å². The van der Waals surface area contributed by atoms with E-state index >= 15 is 0 Å². The van der Waals surface area contributed by atoms with E-state index in [9.17, 15) is 4.79 Å². The van der Waals surface area contributed by atoms with Crippen LogP contribution in [0, 0.1) is 5.92 Å². The minimum atomic E-state index is 0.270. The van der Waals surface area contributed by atoms with Crippen molar-refractivity contribution in [3.63, 3.8) is 0 Å². The molecule has 0 aromatic heterocycles. The molecular formula is C24H36N2O3. The largest absolute Gasteiger partial charge is 0.493 e. The summed E-state index contributed by atoms with van der Waals surface area (Å²) in [5.41, 5.74) is 2.52. The van der Waals surface area contributed by atoms with Gasteiger partial charge in [0.15, 0.2) is 0 Å². The Morgan fingerprint density at radius 1 is 1.24 bits per heavy atom. The molecule has 3 aliphatic heterocycles. The summed E-state index contributed by atoms with van der Waals surface area (Å²) in [6.45, 7) is 5.48. The number of amides is 1. The summed E-state index contributed by atoms with van der Waals surface area (Å²) in [4.78, 5) is 17.9. The van der Waals surface area contributed by atoms with Crippen molar-refractivity contribution in [3.8, 4) is 5.75 Å². The van der Waals surface area contributed by atoms with Gasteiger partial charge in [0.25, 0.3) is 0 Å². The molecule has 1 aromatic carbocycles. The molecule has 2 unspecified atom stereocenters. The van der Waals surface area contributed by atoms with Gasteiger partial charge in [-0.2, -0.15) is 0 Å². The quantitative estimate of drug-likeness (QED) is 0.672. The Labute approximate surface area is 175 Å². The van der Waals surface area contributed by atoms with Gasteiger partial charge in [0.05, 0.1) is 13.2 Å². The minimum Gasteiger partial charge on any atom is -0.493 e. The maximum Gasteiger partial charge on any atom is 0.222 e. The number of ether oxygens (including phenoxy) is 2. The second-order valence-electron chi connectivity index (χ2n) is 8.87. The Bertz CT molecular complexity index is 691. The van der Waals surface area contributed by atoms with Crippen LogP contribution in [0.1, 0.15) is 49.7 Å². The number of fused-ring (bicyclic) bond motifs is 2. The molecule has 5 nitrogen and oxygen atoms in total. The van der Waals surface area contributed by atoms with Crippen LogP contribution in [-0.2, 0) is 22.4 Å². The maximum absolute atomic E-state index is 13.1. The smallest absolute Gasteiger partial charge is 0.222 e. The van der Waals surface area contributed by atoms with Crippen molar-refractivity contribution >= 4 is 5.91 Å². The van der Waals surface area contributed by atoms with Crippen LogP contribution < -0.4 is 4.74 Å². The highest BCUT2D eigenvalue weighted by Gasteiger charge is 2.34. The van der Waals surface area contributed by atoms with E-state index in [1.165, 1.54) is 56.3 Å². The van der Waals surface area contributed by atoms with E-state index in [-0.39, 0.29) is 5.91 Å². The van der Waals surface area contributed by atoms with E-state index in [0.717, 1.165) is 31.7 Å². The molecular weight excluding hydrogens is 364 g/mol. The Kier molecular flexibility index (Phi) is 7.09. The second-order valence-corrected chi connectivity index (χ2v) is 8.87. The fourth-order valence-electron chi connectivity index (χ4n) is 5.40. The first-order valence-electron chi connectivity index (χ1n) is 11.5. The van der Waals surface area contributed by atoms with E-state index in [1.807, 2.05) is 0 Å². The summed E-state index contributed by atoms with van der Waals surface area (Å²) in [6, 6.07) is 7.06. The molecule has 29 heavy (non-hydrogen) atoms. The Morgan fingerprint density at radius 3 is 3.03 bits per heavy atom. The zero-order valence-electron chi connectivity index (χ0n) is 17.9. The monoisotopic (exact) mass is 400 g/mol. The first kappa shape index (κ1) is 20.7. The zero-order valence-corrected chi connectivity index (χ0v) is 17.9. The van der Waals surface area contributed by atoms with Crippen LogP contribution in [0.3, 0.4) is 0 Å². The second kappa shape index (κ2) is 9.94. The van der Waals surface area contributed by atoms with E-state index < -0.39 is 0 Å².